The molecule has 0 radical (unpaired) electrons. The molecule has 2 aromatic heterocycles. The van der Waals surface area contributed by atoms with Gasteiger partial charge in [0.2, 0.25) is 0 Å². The summed E-state index contributed by atoms with van der Waals surface area (Å²) in [5, 5.41) is 23.0. The zero-order chi connectivity index (χ0) is 13.3. The molecular weight excluding hydrogens is 260 g/mol. The Labute approximate surface area is 105 Å². The van der Waals surface area contributed by atoms with E-state index in [-0.39, 0.29) is 17.4 Å². The summed E-state index contributed by atoms with van der Waals surface area (Å²) < 4.78 is 1.41. The lowest BCUT2D eigenvalue weighted by Crippen LogP contribution is -2.05. The van der Waals surface area contributed by atoms with E-state index >= 15 is 0 Å². The van der Waals surface area contributed by atoms with Crippen LogP contribution in [0.25, 0.3) is 0 Å². The van der Waals surface area contributed by atoms with Crippen molar-refractivity contribution in [2.24, 2.45) is 0 Å². The summed E-state index contributed by atoms with van der Waals surface area (Å²) in [6.07, 6.45) is 1.18. The minimum absolute atomic E-state index is 0.0189. The van der Waals surface area contributed by atoms with Gasteiger partial charge < -0.3 is 10.1 Å². The molecule has 8 nitrogen and oxygen atoms in total. The lowest BCUT2D eigenvalue weighted by Gasteiger charge is -2.00. The van der Waals surface area contributed by atoms with E-state index in [1.54, 1.807) is 12.3 Å². The van der Waals surface area contributed by atoms with E-state index in [9.17, 15) is 20.2 Å². The summed E-state index contributed by atoms with van der Waals surface area (Å²) in [4.78, 5) is 24.2. The van der Waals surface area contributed by atoms with Crippen LogP contribution in [0.3, 0.4) is 0 Å². The van der Waals surface area contributed by atoms with Gasteiger partial charge in [0.05, 0.1) is 4.92 Å². The molecule has 9 heteroatoms. The van der Waals surface area contributed by atoms with Crippen molar-refractivity contribution < 1.29 is 9.85 Å². The van der Waals surface area contributed by atoms with E-state index in [4.69, 9.17) is 0 Å². The molecule has 0 amide bonds. The molecule has 0 N–H and O–H groups in total. The van der Waals surface area contributed by atoms with Crippen LogP contribution in [-0.2, 0) is 6.54 Å². The van der Waals surface area contributed by atoms with Crippen LogP contribution in [0.15, 0.2) is 17.6 Å². The maximum absolute atomic E-state index is 10.8. The molecule has 0 atom stereocenters. The maximum Gasteiger partial charge on any atom is 0.343 e. The second kappa shape index (κ2) is 4.53. The van der Waals surface area contributed by atoms with Crippen LogP contribution < -0.4 is 0 Å². The number of thiophene rings is 1. The van der Waals surface area contributed by atoms with Crippen LogP contribution in [0.4, 0.5) is 10.8 Å². The largest absolute Gasteiger partial charge is 0.358 e. The van der Waals surface area contributed by atoms with Crippen molar-refractivity contribution in [2.45, 2.75) is 13.5 Å². The van der Waals surface area contributed by atoms with Crippen molar-refractivity contribution in [3.05, 3.63) is 49.3 Å². The number of aryl methyl sites for hydroxylation is 1. The molecule has 2 heterocycles. The second-order valence-corrected chi connectivity index (χ2v) is 4.45. The highest BCUT2D eigenvalue weighted by Crippen LogP contribution is 2.25. The Balaban J connectivity index is 2.30. The zero-order valence-corrected chi connectivity index (χ0v) is 10.1. The normalized spacial score (nSPS) is 10.5. The van der Waals surface area contributed by atoms with Crippen LogP contribution in [0.1, 0.15) is 11.4 Å². The first-order valence-corrected chi connectivity index (χ1v) is 5.75. The Morgan fingerprint density at radius 2 is 2.11 bits per heavy atom. The fraction of sp³-hybridized carbons (Fsp3) is 0.222. The fourth-order valence-corrected chi connectivity index (χ4v) is 2.24. The monoisotopic (exact) mass is 268 g/mol. The molecule has 2 rings (SSSR count). The predicted octanol–water partition coefficient (Wildman–Crippen LogP) is 2.12. The third-order valence-electron chi connectivity index (χ3n) is 2.38. The number of nitrogens with zero attached hydrogens (tertiary/aromatic N) is 4. The van der Waals surface area contributed by atoms with Crippen molar-refractivity contribution in [1.29, 1.82) is 0 Å². The molecule has 0 aliphatic heterocycles. The highest BCUT2D eigenvalue weighted by molar-refractivity contribution is 7.13. The molecule has 0 saturated carbocycles. The van der Waals surface area contributed by atoms with Crippen LogP contribution in [0.5, 0.6) is 0 Å². The maximum atomic E-state index is 10.8. The first kappa shape index (κ1) is 12.2. The van der Waals surface area contributed by atoms with Gasteiger partial charge in [0.15, 0.2) is 5.82 Å². The summed E-state index contributed by atoms with van der Waals surface area (Å²) >= 11 is 0.997. The first-order valence-electron chi connectivity index (χ1n) is 4.87. The molecule has 94 valence electrons. The number of rotatable bonds is 4. The molecule has 0 saturated heterocycles. The summed E-state index contributed by atoms with van der Waals surface area (Å²) in [5.74, 6) is 0.372. The molecular formula is C9H8N4O4S. The van der Waals surface area contributed by atoms with Crippen molar-refractivity contribution in [3.8, 4) is 0 Å². The summed E-state index contributed by atoms with van der Waals surface area (Å²) in [6.45, 7) is 1.85. The van der Waals surface area contributed by atoms with Crippen molar-refractivity contribution in [3.63, 3.8) is 0 Å². The van der Waals surface area contributed by atoms with Gasteiger partial charge in [0, 0.05) is 23.9 Å². The SMILES string of the molecule is Cc1ncc([N+](=O)[O-])n1Cc1csc([N+](=O)[O-])c1. The smallest absolute Gasteiger partial charge is 0.343 e. The van der Waals surface area contributed by atoms with Gasteiger partial charge in [-0.05, 0) is 4.92 Å². The average Bonchev–Trinajstić information content (AvgIpc) is 2.88. The lowest BCUT2D eigenvalue weighted by molar-refractivity contribution is -0.392. The van der Waals surface area contributed by atoms with Gasteiger partial charge in [-0.15, -0.1) is 0 Å². The van der Waals surface area contributed by atoms with Gasteiger partial charge >= 0.3 is 10.8 Å². The number of aromatic nitrogens is 2. The highest BCUT2D eigenvalue weighted by Gasteiger charge is 2.19. The van der Waals surface area contributed by atoms with Crippen molar-refractivity contribution in [2.75, 3.05) is 0 Å². The third-order valence-corrected chi connectivity index (χ3v) is 3.31. The molecule has 0 bridgehead atoms. The van der Waals surface area contributed by atoms with Crippen LogP contribution >= 0.6 is 11.3 Å². The average molecular weight is 268 g/mol. The Kier molecular flexibility index (Phi) is 3.06. The molecule has 0 aromatic carbocycles. The van der Waals surface area contributed by atoms with Gasteiger partial charge in [0.1, 0.15) is 12.7 Å². The molecule has 18 heavy (non-hydrogen) atoms. The minimum atomic E-state index is -0.527. The number of nitro groups is 2. The second-order valence-electron chi connectivity index (χ2n) is 3.56. The Hall–Kier alpha value is -2.29. The fourth-order valence-electron chi connectivity index (χ4n) is 1.52. The van der Waals surface area contributed by atoms with Gasteiger partial charge in [0.25, 0.3) is 0 Å². The van der Waals surface area contributed by atoms with Crippen molar-refractivity contribution in [1.82, 2.24) is 9.55 Å². The van der Waals surface area contributed by atoms with Gasteiger partial charge in [-0.1, -0.05) is 11.3 Å². The van der Waals surface area contributed by atoms with Crippen molar-refractivity contribution >= 4 is 22.2 Å². The summed E-state index contributed by atoms with van der Waals surface area (Å²) in [7, 11) is 0. The van der Waals surface area contributed by atoms with E-state index in [1.807, 2.05) is 0 Å². The lowest BCUT2D eigenvalue weighted by atomic mass is 10.3. The van der Waals surface area contributed by atoms with E-state index < -0.39 is 9.85 Å². The number of hydrogen-bond acceptors (Lipinski definition) is 6. The Morgan fingerprint density at radius 3 is 2.67 bits per heavy atom. The first-order chi connectivity index (χ1) is 8.49. The van der Waals surface area contributed by atoms with Crippen LogP contribution in [-0.4, -0.2) is 19.4 Å². The number of hydrogen-bond donors (Lipinski definition) is 0. The van der Waals surface area contributed by atoms with Crippen LogP contribution in [0.2, 0.25) is 0 Å². The van der Waals surface area contributed by atoms with E-state index in [1.165, 1.54) is 16.8 Å². The van der Waals surface area contributed by atoms with Gasteiger partial charge in [-0.25, -0.2) is 9.55 Å². The van der Waals surface area contributed by atoms with E-state index in [0.717, 1.165) is 11.3 Å². The quantitative estimate of drug-likeness (QED) is 0.623. The standard InChI is InChI=1S/C9H8N4O4S/c1-6-10-3-8(12(14)15)11(6)4-7-2-9(13(16)17)18-5-7/h2-3,5H,4H2,1H3. The van der Waals surface area contributed by atoms with Gasteiger partial charge in [-0.3, -0.25) is 10.1 Å². The van der Waals surface area contributed by atoms with Crippen LogP contribution in [0, 0.1) is 27.2 Å². The van der Waals surface area contributed by atoms with E-state index in [0.29, 0.717) is 11.4 Å². The highest BCUT2D eigenvalue weighted by atomic mass is 32.1. The zero-order valence-electron chi connectivity index (χ0n) is 9.27. The predicted molar refractivity (Wildman–Crippen MR) is 63.7 cm³/mol. The molecule has 0 unspecified atom stereocenters. The summed E-state index contributed by atoms with van der Waals surface area (Å²) in [5.41, 5.74) is 0.649. The molecule has 0 aliphatic rings. The topological polar surface area (TPSA) is 104 Å². The molecule has 0 spiro atoms. The third kappa shape index (κ3) is 2.20. The van der Waals surface area contributed by atoms with Gasteiger partial charge in [-0.2, -0.15) is 0 Å². The Bertz CT molecular complexity index is 618. The molecule has 0 aliphatic carbocycles. The van der Waals surface area contributed by atoms with E-state index in [2.05, 4.69) is 4.98 Å². The Morgan fingerprint density at radius 1 is 1.39 bits per heavy atom. The molecule has 2 aromatic rings. The summed E-state index contributed by atoms with van der Waals surface area (Å²) in [6, 6.07) is 1.41. The number of imidazole rings is 1. The minimum Gasteiger partial charge on any atom is -0.358 e. The molecule has 0 fully saturated rings.